The second-order valence-corrected chi connectivity index (χ2v) is 8.15. The molecule has 1 heterocycles. The molecule has 7 nitrogen and oxygen atoms in total. The summed E-state index contributed by atoms with van der Waals surface area (Å²) in [6.07, 6.45) is 0.568. The molecule has 0 radical (unpaired) electrons. The standard InChI is InChI=1S/C23H27N5O2S/c1-15(2)24-21(30)14-17-6-10-19(11-7-17)25-20(29)12-13-28-22(26-27-23(28)31)18-8-4-16(3)5-9-18/h4-11,15H,12-14H2,1-3H3,(H,24,30)(H,25,29)(H,27,31). The summed E-state index contributed by atoms with van der Waals surface area (Å²) in [5.41, 5.74) is 3.68. The highest BCUT2D eigenvalue weighted by atomic mass is 32.1. The molecular weight excluding hydrogens is 410 g/mol. The minimum atomic E-state index is -0.122. The van der Waals surface area contributed by atoms with Crippen molar-refractivity contribution in [1.82, 2.24) is 20.1 Å². The molecule has 0 fully saturated rings. The average molecular weight is 438 g/mol. The number of aromatic amines is 1. The monoisotopic (exact) mass is 437 g/mol. The van der Waals surface area contributed by atoms with Crippen LogP contribution in [-0.4, -0.2) is 32.6 Å². The number of anilines is 1. The van der Waals surface area contributed by atoms with Gasteiger partial charge in [0.1, 0.15) is 0 Å². The Labute approximate surface area is 186 Å². The van der Waals surface area contributed by atoms with E-state index in [4.69, 9.17) is 12.2 Å². The third-order valence-electron chi connectivity index (χ3n) is 4.68. The van der Waals surface area contributed by atoms with Crippen LogP contribution in [0, 0.1) is 11.7 Å². The van der Waals surface area contributed by atoms with Gasteiger partial charge in [-0.15, -0.1) is 0 Å². The first kappa shape index (κ1) is 22.4. The highest BCUT2D eigenvalue weighted by Crippen LogP contribution is 2.18. The Morgan fingerprint density at radius 1 is 1.06 bits per heavy atom. The van der Waals surface area contributed by atoms with Crippen LogP contribution < -0.4 is 10.6 Å². The summed E-state index contributed by atoms with van der Waals surface area (Å²) < 4.78 is 2.31. The van der Waals surface area contributed by atoms with E-state index in [1.165, 1.54) is 0 Å². The lowest BCUT2D eigenvalue weighted by Crippen LogP contribution is -2.31. The molecule has 2 aromatic carbocycles. The molecule has 0 unspecified atom stereocenters. The van der Waals surface area contributed by atoms with Crippen molar-refractivity contribution in [2.45, 2.75) is 46.2 Å². The van der Waals surface area contributed by atoms with E-state index in [0.717, 1.165) is 16.7 Å². The van der Waals surface area contributed by atoms with E-state index >= 15 is 0 Å². The lowest BCUT2D eigenvalue weighted by molar-refractivity contribution is -0.121. The zero-order valence-electron chi connectivity index (χ0n) is 17.9. The Hall–Kier alpha value is -3.26. The van der Waals surface area contributed by atoms with Gasteiger partial charge in [-0.25, -0.2) is 0 Å². The Morgan fingerprint density at radius 3 is 2.39 bits per heavy atom. The van der Waals surface area contributed by atoms with Gasteiger partial charge in [0.05, 0.1) is 6.42 Å². The van der Waals surface area contributed by atoms with E-state index in [1.54, 1.807) is 12.1 Å². The van der Waals surface area contributed by atoms with Crippen molar-refractivity contribution in [1.29, 1.82) is 0 Å². The maximum Gasteiger partial charge on any atom is 0.226 e. The molecule has 31 heavy (non-hydrogen) atoms. The molecule has 8 heteroatoms. The number of hydrogen-bond acceptors (Lipinski definition) is 4. The fraction of sp³-hybridized carbons (Fsp3) is 0.304. The predicted molar refractivity (Wildman–Crippen MR) is 124 cm³/mol. The van der Waals surface area contributed by atoms with Gasteiger partial charge >= 0.3 is 0 Å². The summed E-state index contributed by atoms with van der Waals surface area (Å²) in [4.78, 5) is 24.3. The van der Waals surface area contributed by atoms with E-state index in [2.05, 4.69) is 20.8 Å². The molecular formula is C23H27N5O2S. The van der Waals surface area contributed by atoms with Gasteiger partial charge in [-0.05, 0) is 50.7 Å². The molecule has 0 bridgehead atoms. The SMILES string of the molecule is Cc1ccc(-c2n[nH]c(=S)n2CCC(=O)Nc2ccc(CC(=O)NC(C)C)cc2)cc1. The first-order valence-corrected chi connectivity index (χ1v) is 10.6. The van der Waals surface area contributed by atoms with Crippen LogP contribution in [0.2, 0.25) is 0 Å². The molecule has 0 aliphatic carbocycles. The molecule has 0 atom stereocenters. The minimum absolute atomic E-state index is 0.0203. The lowest BCUT2D eigenvalue weighted by atomic mass is 10.1. The summed E-state index contributed by atoms with van der Waals surface area (Å²) in [6.45, 7) is 6.30. The maximum atomic E-state index is 12.4. The van der Waals surface area contributed by atoms with Crippen LogP contribution in [0.5, 0.6) is 0 Å². The largest absolute Gasteiger partial charge is 0.354 e. The molecule has 2 amide bonds. The number of amides is 2. The molecule has 0 aliphatic rings. The first-order chi connectivity index (χ1) is 14.8. The van der Waals surface area contributed by atoms with E-state index in [-0.39, 0.29) is 24.3 Å². The topological polar surface area (TPSA) is 91.8 Å². The van der Waals surface area contributed by atoms with Crippen molar-refractivity contribution in [3.8, 4) is 11.4 Å². The van der Waals surface area contributed by atoms with E-state index in [0.29, 0.717) is 29.2 Å². The summed E-state index contributed by atoms with van der Waals surface area (Å²) in [7, 11) is 0. The number of hydrogen-bond donors (Lipinski definition) is 3. The van der Waals surface area contributed by atoms with Crippen LogP contribution in [0.25, 0.3) is 11.4 Å². The molecule has 0 spiro atoms. The van der Waals surface area contributed by atoms with Crippen molar-refractivity contribution >= 4 is 29.7 Å². The normalized spacial score (nSPS) is 10.8. The summed E-state index contributed by atoms with van der Waals surface area (Å²) in [6, 6.07) is 15.4. The fourth-order valence-electron chi connectivity index (χ4n) is 3.15. The van der Waals surface area contributed by atoms with Crippen molar-refractivity contribution in [2.24, 2.45) is 0 Å². The number of rotatable bonds is 8. The van der Waals surface area contributed by atoms with Crippen molar-refractivity contribution in [3.05, 3.63) is 64.4 Å². The number of nitrogens with zero attached hydrogens (tertiary/aromatic N) is 2. The maximum absolute atomic E-state index is 12.4. The minimum Gasteiger partial charge on any atom is -0.354 e. The third kappa shape index (κ3) is 6.36. The second kappa shape index (κ2) is 10.2. The van der Waals surface area contributed by atoms with Gasteiger partial charge < -0.3 is 10.6 Å². The quantitative estimate of drug-likeness (QED) is 0.464. The van der Waals surface area contributed by atoms with Crippen molar-refractivity contribution in [3.63, 3.8) is 0 Å². The molecule has 0 saturated carbocycles. The summed E-state index contributed by atoms with van der Waals surface area (Å²) in [5, 5.41) is 12.9. The van der Waals surface area contributed by atoms with Crippen LogP contribution in [-0.2, 0) is 22.6 Å². The third-order valence-corrected chi connectivity index (χ3v) is 4.99. The number of nitrogens with one attached hydrogen (secondary N) is 3. The average Bonchev–Trinajstić information content (AvgIpc) is 3.08. The van der Waals surface area contributed by atoms with Crippen LogP contribution in [0.3, 0.4) is 0 Å². The highest BCUT2D eigenvalue weighted by Gasteiger charge is 2.11. The van der Waals surface area contributed by atoms with Gasteiger partial charge in [0, 0.05) is 30.3 Å². The Balaban J connectivity index is 1.57. The van der Waals surface area contributed by atoms with Gasteiger partial charge in [-0.3, -0.25) is 19.3 Å². The Morgan fingerprint density at radius 2 is 1.74 bits per heavy atom. The van der Waals surface area contributed by atoms with Gasteiger partial charge in [0.25, 0.3) is 0 Å². The molecule has 3 aromatic rings. The number of benzene rings is 2. The van der Waals surface area contributed by atoms with Crippen LogP contribution >= 0.6 is 12.2 Å². The van der Waals surface area contributed by atoms with E-state index in [1.807, 2.05) is 61.7 Å². The lowest BCUT2D eigenvalue weighted by Gasteiger charge is -2.10. The number of carbonyl (C=O) groups excluding carboxylic acids is 2. The summed E-state index contributed by atoms with van der Waals surface area (Å²) >= 11 is 5.34. The predicted octanol–water partition coefficient (Wildman–Crippen LogP) is 4.01. The van der Waals surface area contributed by atoms with E-state index in [9.17, 15) is 9.59 Å². The number of aryl methyl sites for hydroxylation is 1. The second-order valence-electron chi connectivity index (χ2n) is 7.76. The van der Waals surface area contributed by atoms with Gasteiger partial charge in [-0.1, -0.05) is 42.0 Å². The van der Waals surface area contributed by atoms with E-state index < -0.39 is 0 Å². The fourth-order valence-corrected chi connectivity index (χ4v) is 3.37. The molecule has 0 saturated heterocycles. The zero-order chi connectivity index (χ0) is 22.4. The number of aromatic nitrogens is 3. The Bertz CT molecular complexity index is 1100. The van der Waals surface area contributed by atoms with Crippen LogP contribution in [0.1, 0.15) is 31.4 Å². The smallest absolute Gasteiger partial charge is 0.226 e. The van der Waals surface area contributed by atoms with Crippen LogP contribution in [0.15, 0.2) is 48.5 Å². The first-order valence-electron chi connectivity index (χ1n) is 10.2. The number of H-pyrrole nitrogens is 1. The zero-order valence-corrected chi connectivity index (χ0v) is 18.8. The van der Waals surface area contributed by atoms with Crippen molar-refractivity contribution < 1.29 is 9.59 Å². The Kier molecular flexibility index (Phi) is 7.36. The van der Waals surface area contributed by atoms with Gasteiger partial charge in [0.2, 0.25) is 11.8 Å². The molecule has 3 rings (SSSR count). The molecule has 1 aromatic heterocycles. The summed E-state index contributed by atoms with van der Waals surface area (Å²) in [5.74, 6) is 0.568. The molecule has 3 N–H and O–H groups in total. The van der Waals surface area contributed by atoms with Crippen molar-refractivity contribution in [2.75, 3.05) is 5.32 Å². The molecule has 0 aliphatic heterocycles. The number of carbonyl (C=O) groups is 2. The van der Waals surface area contributed by atoms with Crippen LogP contribution in [0.4, 0.5) is 5.69 Å². The van der Waals surface area contributed by atoms with Gasteiger partial charge in [-0.2, -0.15) is 5.10 Å². The highest BCUT2D eigenvalue weighted by molar-refractivity contribution is 7.71. The van der Waals surface area contributed by atoms with Gasteiger partial charge in [0.15, 0.2) is 10.6 Å². The molecule has 162 valence electrons.